The van der Waals surface area contributed by atoms with Gasteiger partial charge in [0.25, 0.3) is 0 Å². The topological polar surface area (TPSA) is 110 Å². The smallest absolute Gasteiger partial charge is 0.328 e. The molecule has 0 unspecified atom stereocenters. The highest BCUT2D eigenvalue weighted by Crippen LogP contribution is 2.11. The molecule has 1 aromatic rings. The number of esters is 1. The molecule has 7 nitrogen and oxygen atoms in total. The minimum atomic E-state index is -3.81. The SMILES string of the molecule is CCOC(=O)CNS(=O)(=O)c1ccc(/C=C/C(=O)O)cc1. The number of ether oxygens (including phenoxy) is 1. The van der Waals surface area contributed by atoms with Crippen molar-refractivity contribution in [2.45, 2.75) is 11.8 Å². The van der Waals surface area contributed by atoms with E-state index in [1.807, 2.05) is 0 Å². The predicted octanol–water partition coefficient (Wildman–Crippen LogP) is 0.626. The Kier molecular flexibility index (Phi) is 6.07. The van der Waals surface area contributed by atoms with Gasteiger partial charge in [0.2, 0.25) is 10.0 Å². The maximum atomic E-state index is 11.9. The van der Waals surface area contributed by atoms with E-state index in [2.05, 4.69) is 9.46 Å². The first-order valence-corrected chi connectivity index (χ1v) is 7.50. The number of carbonyl (C=O) groups excluding carboxylic acids is 1. The molecule has 0 heterocycles. The van der Waals surface area contributed by atoms with E-state index in [0.717, 1.165) is 6.08 Å². The van der Waals surface area contributed by atoms with Gasteiger partial charge in [-0.1, -0.05) is 12.1 Å². The largest absolute Gasteiger partial charge is 0.478 e. The summed E-state index contributed by atoms with van der Waals surface area (Å²) in [4.78, 5) is 21.4. The van der Waals surface area contributed by atoms with Crippen molar-refractivity contribution >= 4 is 28.0 Å². The van der Waals surface area contributed by atoms with Gasteiger partial charge in [0.15, 0.2) is 0 Å². The average Bonchev–Trinajstić information content (AvgIpc) is 2.44. The lowest BCUT2D eigenvalue weighted by Crippen LogP contribution is -2.30. The average molecular weight is 313 g/mol. The molecule has 8 heteroatoms. The third-order valence-electron chi connectivity index (χ3n) is 2.32. The summed E-state index contributed by atoms with van der Waals surface area (Å²) >= 11 is 0. The molecule has 0 spiro atoms. The second-order valence-corrected chi connectivity index (χ2v) is 5.64. The number of benzene rings is 1. The second-order valence-electron chi connectivity index (χ2n) is 3.87. The van der Waals surface area contributed by atoms with Gasteiger partial charge >= 0.3 is 11.9 Å². The monoisotopic (exact) mass is 313 g/mol. The number of nitrogens with one attached hydrogen (secondary N) is 1. The van der Waals surface area contributed by atoms with Crippen LogP contribution in [0.3, 0.4) is 0 Å². The molecule has 0 fully saturated rings. The molecule has 2 N–H and O–H groups in total. The van der Waals surface area contributed by atoms with Gasteiger partial charge in [0, 0.05) is 6.08 Å². The highest BCUT2D eigenvalue weighted by molar-refractivity contribution is 7.89. The minimum absolute atomic E-state index is 0.0285. The standard InChI is InChI=1S/C13H15NO6S/c1-2-20-13(17)9-14-21(18,19)11-6-3-10(4-7-11)5-8-12(15)16/h3-8,14H,2,9H2,1H3,(H,15,16)/b8-5+. The van der Waals surface area contributed by atoms with Crippen molar-refractivity contribution in [1.29, 1.82) is 0 Å². The Labute approximate surface area is 122 Å². The van der Waals surface area contributed by atoms with Gasteiger partial charge in [-0.2, -0.15) is 4.72 Å². The first-order chi connectivity index (χ1) is 9.85. The van der Waals surface area contributed by atoms with Crippen LogP contribution in [0.15, 0.2) is 35.2 Å². The van der Waals surface area contributed by atoms with Gasteiger partial charge in [-0.25, -0.2) is 13.2 Å². The fourth-order valence-corrected chi connectivity index (χ4v) is 2.34. The number of rotatable bonds is 7. The third-order valence-corrected chi connectivity index (χ3v) is 3.74. The Morgan fingerprint density at radius 2 is 1.90 bits per heavy atom. The molecule has 0 amide bonds. The summed E-state index contributed by atoms with van der Waals surface area (Å²) < 4.78 is 30.5. The number of hydrogen-bond acceptors (Lipinski definition) is 5. The van der Waals surface area contributed by atoms with Gasteiger partial charge in [-0.3, -0.25) is 4.79 Å². The molecule has 1 aromatic carbocycles. The van der Waals surface area contributed by atoms with Crippen LogP contribution in [0.1, 0.15) is 12.5 Å². The van der Waals surface area contributed by atoms with Crippen LogP contribution in [0, 0.1) is 0 Å². The predicted molar refractivity (Wildman–Crippen MR) is 74.9 cm³/mol. The Bertz CT molecular complexity index is 633. The first kappa shape index (κ1) is 16.9. The zero-order valence-corrected chi connectivity index (χ0v) is 12.1. The summed E-state index contributed by atoms with van der Waals surface area (Å²) in [6.45, 7) is 1.35. The fourth-order valence-electron chi connectivity index (χ4n) is 1.37. The molecule has 1 rings (SSSR count). The fraction of sp³-hybridized carbons (Fsp3) is 0.231. The zero-order chi connectivity index (χ0) is 15.9. The van der Waals surface area contributed by atoms with E-state index >= 15 is 0 Å². The van der Waals surface area contributed by atoms with Gasteiger partial charge in [0.05, 0.1) is 11.5 Å². The Hall–Kier alpha value is -2.19. The molecule has 0 radical (unpaired) electrons. The van der Waals surface area contributed by atoms with E-state index in [1.165, 1.54) is 30.3 Å². The lowest BCUT2D eigenvalue weighted by molar-refractivity contribution is -0.141. The summed E-state index contributed by atoms with van der Waals surface area (Å²) in [5.74, 6) is -1.76. The first-order valence-electron chi connectivity index (χ1n) is 6.01. The summed E-state index contributed by atoms with van der Waals surface area (Å²) in [6, 6.07) is 5.54. The summed E-state index contributed by atoms with van der Waals surface area (Å²) in [7, 11) is -3.81. The van der Waals surface area contributed by atoms with E-state index in [1.54, 1.807) is 6.92 Å². The van der Waals surface area contributed by atoms with E-state index in [9.17, 15) is 18.0 Å². The lowest BCUT2D eigenvalue weighted by atomic mass is 10.2. The molecule has 0 saturated carbocycles. The maximum Gasteiger partial charge on any atom is 0.328 e. The van der Waals surface area contributed by atoms with Gasteiger partial charge in [-0.15, -0.1) is 0 Å². The van der Waals surface area contributed by atoms with Crippen molar-refractivity contribution in [2.75, 3.05) is 13.2 Å². The van der Waals surface area contributed by atoms with E-state index in [0.29, 0.717) is 5.56 Å². The van der Waals surface area contributed by atoms with Crippen molar-refractivity contribution in [2.24, 2.45) is 0 Å². The molecule has 0 saturated heterocycles. The van der Waals surface area contributed by atoms with Gasteiger partial charge < -0.3 is 9.84 Å². The summed E-state index contributed by atoms with van der Waals surface area (Å²) in [5, 5.41) is 8.49. The number of carboxylic acid groups (broad SMARTS) is 1. The number of sulfonamides is 1. The molecule has 0 aromatic heterocycles. The highest BCUT2D eigenvalue weighted by atomic mass is 32.2. The van der Waals surface area contributed by atoms with Crippen LogP contribution >= 0.6 is 0 Å². The van der Waals surface area contributed by atoms with E-state index < -0.39 is 28.5 Å². The number of carboxylic acids is 1. The van der Waals surface area contributed by atoms with Crippen molar-refractivity contribution < 1.29 is 27.9 Å². The molecular weight excluding hydrogens is 298 g/mol. The molecule has 0 aliphatic heterocycles. The Balaban J connectivity index is 2.75. The molecule has 0 aliphatic carbocycles. The minimum Gasteiger partial charge on any atom is -0.478 e. The maximum absolute atomic E-state index is 11.9. The van der Waals surface area contributed by atoms with Gasteiger partial charge in [0.1, 0.15) is 6.54 Å². The van der Waals surface area contributed by atoms with E-state index in [4.69, 9.17) is 5.11 Å². The molecular formula is C13H15NO6S. The molecule has 0 bridgehead atoms. The number of aliphatic carboxylic acids is 1. The summed E-state index contributed by atoms with van der Waals surface area (Å²) in [5.41, 5.74) is 0.543. The third kappa shape index (κ3) is 5.76. The van der Waals surface area contributed by atoms with Crippen LogP contribution in [0.2, 0.25) is 0 Å². The Morgan fingerprint density at radius 1 is 1.29 bits per heavy atom. The van der Waals surface area contributed by atoms with Crippen LogP contribution in [0.5, 0.6) is 0 Å². The molecule has 0 atom stereocenters. The van der Waals surface area contributed by atoms with Crippen LogP contribution in [0.25, 0.3) is 6.08 Å². The van der Waals surface area contributed by atoms with E-state index in [-0.39, 0.29) is 11.5 Å². The van der Waals surface area contributed by atoms with Crippen molar-refractivity contribution in [3.05, 3.63) is 35.9 Å². The van der Waals surface area contributed by atoms with Crippen molar-refractivity contribution in [3.63, 3.8) is 0 Å². The highest BCUT2D eigenvalue weighted by Gasteiger charge is 2.15. The Morgan fingerprint density at radius 3 is 2.43 bits per heavy atom. The van der Waals surface area contributed by atoms with Crippen molar-refractivity contribution in [1.82, 2.24) is 4.72 Å². The van der Waals surface area contributed by atoms with Crippen LogP contribution in [-0.2, 0) is 24.3 Å². The quantitative estimate of drug-likeness (QED) is 0.564. The van der Waals surface area contributed by atoms with Crippen LogP contribution in [-0.4, -0.2) is 38.6 Å². The molecule has 21 heavy (non-hydrogen) atoms. The second kappa shape index (κ2) is 7.55. The van der Waals surface area contributed by atoms with Crippen LogP contribution < -0.4 is 4.72 Å². The normalized spacial score (nSPS) is 11.5. The number of carbonyl (C=O) groups is 2. The van der Waals surface area contributed by atoms with Crippen LogP contribution in [0.4, 0.5) is 0 Å². The summed E-state index contributed by atoms with van der Waals surface area (Å²) in [6.07, 6.45) is 2.29. The zero-order valence-electron chi connectivity index (χ0n) is 11.3. The van der Waals surface area contributed by atoms with Crippen molar-refractivity contribution in [3.8, 4) is 0 Å². The van der Waals surface area contributed by atoms with Gasteiger partial charge in [-0.05, 0) is 30.7 Å². The number of hydrogen-bond donors (Lipinski definition) is 2. The lowest BCUT2D eigenvalue weighted by Gasteiger charge is -2.06. The molecule has 0 aliphatic rings. The molecule has 114 valence electrons.